The van der Waals surface area contributed by atoms with Crippen LogP contribution >= 0.6 is 11.6 Å². The SMILES string of the molecule is O=C(NCCCN1CCN(c2ccccc2F)CC1)c1ccc(Cl)cc1. The Labute approximate surface area is 158 Å². The van der Waals surface area contributed by atoms with Crippen molar-refractivity contribution in [1.29, 1.82) is 0 Å². The molecule has 1 aliphatic heterocycles. The van der Waals surface area contributed by atoms with Crippen molar-refractivity contribution in [2.75, 3.05) is 44.2 Å². The molecule has 2 aromatic rings. The molecule has 0 saturated carbocycles. The van der Waals surface area contributed by atoms with Crippen molar-refractivity contribution >= 4 is 23.2 Å². The van der Waals surface area contributed by atoms with E-state index in [1.165, 1.54) is 6.07 Å². The summed E-state index contributed by atoms with van der Waals surface area (Å²) in [5.41, 5.74) is 1.30. The molecule has 4 nitrogen and oxygen atoms in total. The van der Waals surface area contributed by atoms with Gasteiger partial charge in [-0.2, -0.15) is 0 Å². The van der Waals surface area contributed by atoms with Gasteiger partial charge in [0, 0.05) is 43.3 Å². The van der Waals surface area contributed by atoms with Crippen molar-refractivity contribution < 1.29 is 9.18 Å². The van der Waals surface area contributed by atoms with Gasteiger partial charge in [0.15, 0.2) is 0 Å². The van der Waals surface area contributed by atoms with Crippen LogP contribution < -0.4 is 10.2 Å². The van der Waals surface area contributed by atoms with Crippen molar-refractivity contribution in [3.8, 4) is 0 Å². The molecular weight excluding hydrogens is 353 g/mol. The Balaban J connectivity index is 1.36. The van der Waals surface area contributed by atoms with Crippen LogP contribution in [0.4, 0.5) is 10.1 Å². The van der Waals surface area contributed by atoms with Crippen LogP contribution in [0.3, 0.4) is 0 Å². The number of carbonyl (C=O) groups is 1. The minimum Gasteiger partial charge on any atom is -0.367 e. The summed E-state index contributed by atoms with van der Waals surface area (Å²) in [6.45, 7) is 5.00. The molecule has 0 bridgehead atoms. The highest BCUT2D eigenvalue weighted by Gasteiger charge is 2.18. The maximum Gasteiger partial charge on any atom is 0.251 e. The molecule has 1 fully saturated rings. The summed E-state index contributed by atoms with van der Waals surface area (Å²) in [6.07, 6.45) is 0.888. The van der Waals surface area contributed by atoms with Crippen LogP contribution in [0.25, 0.3) is 0 Å². The largest absolute Gasteiger partial charge is 0.367 e. The van der Waals surface area contributed by atoms with Crippen molar-refractivity contribution in [1.82, 2.24) is 10.2 Å². The average molecular weight is 376 g/mol. The number of hydrogen-bond donors (Lipinski definition) is 1. The topological polar surface area (TPSA) is 35.6 Å². The lowest BCUT2D eigenvalue weighted by molar-refractivity contribution is 0.0951. The summed E-state index contributed by atoms with van der Waals surface area (Å²) in [5.74, 6) is -0.239. The van der Waals surface area contributed by atoms with Gasteiger partial charge in [0.05, 0.1) is 5.69 Å². The molecule has 138 valence electrons. The van der Waals surface area contributed by atoms with Crippen LogP contribution in [0.5, 0.6) is 0 Å². The fourth-order valence-corrected chi connectivity index (χ4v) is 3.25. The van der Waals surface area contributed by atoms with E-state index in [0.717, 1.165) is 39.1 Å². The number of hydrogen-bond acceptors (Lipinski definition) is 3. The van der Waals surface area contributed by atoms with Gasteiger partial charge in [0.2, 0.25) is 0 Å². The lowest BCUT2D eigenvalue weighted by atomic mass is 10.2. The first-order chi connectivity index (χ1) is 12.6. The van der Waals surface area contributed by atoms with E-state index in [1.807, 2.05) is 12.1 Å². The average Bonchev–Trinajstić information content (AvgIpc) is 2.67. The molecule has 0 atom stereocenters. The summed E-state index contributed by atoms with van der Waals surface area (Å²) in [7, 11) is 0. The smallest absolute Gasteiger partial charge is 0.251 e. The number of carbonyl (C=O) groups excluding carboxylic acids is 1. The fraction of sp³-hybridized carbons (Fsp3) is 0.350. The summed E-state index contributed by atoms with van der Waals surface area (Å²) in [6, 6.07) is 13.8. The molecule has 0 aliphatic carbocycles. The van der Waals surface area contributed by atoms with Crippen molar-refractivity contribution in [3.63, 3.8) is 0 Å². The van der Waals surface area contributed by atoms with Crippen molar-refractivity contribution in [2.24, 2.45) is 0 Å². The first-order valence-corrected chi connectivity index (χ1v) is 9.27. The molecule has 2 aromatic carbocycles. The third-order valence-electron chi connectivity index (χ3n) is 4.61. The molecule has 6 heteroatoms. The second-order valence-electron chi connectivity index (χ2n) is 6.40. The standard InChI is InChI=1S/C20H23ClFN3O/c21-17-8-6-16(7-9-17)20(26)23-10-3-11-24-12-14-25(15-13-24)19-5-2-1-4-18(19)22/h1-2,4-9H,3,10-15H2,(H,23,26). The monoisotopic (exact) mass is 375 g/mol. The molecule has 0 radical (unpaired) electrons. The minimum absolute atomic E-state index is 0.0777. The van der Waals surface area contributed by atoms with Gasteiger partial charge in [-0.1, -0.05) is 23.7 Å². The number of nitrogens with one attached hydrogen (secondary N) is 1. The summed E-state index contributed by atoms with van der Waals surface area (Å²) in [5, 5.41) is 3.55. The van der Waals surface area contributed by atoms with Crippen LogP contribution in [0, 0.1) is 5.82 Å². The van der Waals surface area contributed by atoms with E-state index in [1.54, 1.807) is 30.3 Å². The number of nitrogens with zero attached hydrogens (tertiary/aromatic N) is 2. The van der Waals surface area contributed by atoms with E-state index in [-0.39, 0.29) is 11.7 Å². The molecule has 1 amide bonds. The van der Waals surface area contributed by atoms with Gasteiger partial charge >= 0.3 is 0 Å². The zero-order valence-corrected chi connectivity index (χ0v) is 15.4. The molecule has 1 aliphatic rings. The number of piperazine rings is 1. The predicted octanol–water partition coefficient (Wildman–Crippen LogP) is 3.42. The lowest BCUT2D eigenvalue weighted by Crippen LogP contribution is -2.47. The normalized spacial score (nSPS) is 15.1. The van der Waals surface area contributed by atoms with Gasteiger partial charge in [-0.25, -0.2) is 4.39 Å². The van der Waals surface area contributed by atoms with E-state index in [4.69, 9.17) is 11.6 Å². The quantitative estimate of drug-likeness (QED) is 0.786. The van der Waals surface area contributed by atoms with Crippen LogP contribution in [0.15, 0.2) is 48.5 Å². The fourth-order valence-electron chi connectivity index (χ4n) is 3.13. The van der Waals surface area contributed by atoms with E-state index < -0.39 is 0 Å². The molecule has 26 heavy (non-hydrogen) atoms. The van der Waals surface area contributed by atoms with Crippen LogP contribution in [-0.4, -0.2) is 50.1 Å². The van der Waals surface area contributed by atoms with Gasteiger partial charge in [0.25, 0.3) is 5.91 Å². The van der Waals surface area contributed by atoms with E-state index in [0.29, 0.717) is 22.8 Å². The number of amides is 1. The highest BCUT2D eigenvalue weighted by Crippen LogP contribution is 2.20. The Bertz CT molecular complexity index is 730. The Hall–Kier alpha value is -2.11. The number of anilines is 1. The summed E-state index contributed by atoms with van der Waals surface area (Å²) in [4.78, 5) is 16.5. The first kappa shape index (κ1) is 18.7. The maximum atomic E-state index is 13.9. The third kappa shape index (κ3) is 4.96. The molecule has 1 N–H and O–H groups in total. The lowest BCUT2D eigenvalue weighted by Gasteiger charge is -2.36. The Kier molecular flexibility index (Phi) is 6.47. The number of benzene rings is 2. The van der Waals surface area contributed by atoms with Crippen molar-refractivity contribution in [2.45, 2.75) is 6.42 Å². The molecule has 1 saturated heterocycles. The zero-order valence-electron chi connectivity index (χ0n) is 14.6. The molecule has 3 rings (SSSR count). The summed E-state index contributed by atoms with van der Waals surface area (Å²) < 4.78 is 13.9. The first-order valence-electron chi connectivity index (χ1n) is 8.89. The Morgan fingerprint density at radius 3 is 2.42 bits per heavy atom. The van der Waals surface area contributed by atoms with Gasteiger partial charge in [-0.05, 0) is 49.4 Å². The maximum absolute atomic E-state index is 13.9. The Morgan fingerprint density at radius 1 is 1.04 bits per heavy atom. The Morgan fingerprint density at radius 2 is 1.73 bits per heavy atom. The molecule has 0 unspecified atom stereocenters. The van der Waals surface area contributed by atoms with Crippen LogP contribution in [0.2, 0.25) is 5.02 Å². The minimum atomic E-state index is -0.161. The van der Waals surface area contributed by atoms with Gasteiger partial charge < -0.3 is 10.2 Å². The second-order valence-corrected chi connectivity index (χ2v) is 6.83. The third-order valence-corrected chi connectivity index (χ3v) is 4.86. The second kappa shape index (κ2) is 9.01. The van der Waals surface area contributed by atoms with Gasteiger partial charge in [-0.15, -0.1) is 0 Å². The highest BCUT2D eigenvalue weighted by molar-refractivity contribution is 6.30. The highest BCUT2D eigenvalue weighted by atomic mass is 35.5. The van der Waals surface area contributed by atoms with Crippen LogP contribution in [-0.2, 0) is 0 Å². The summed E-state index contributed by atoms with van der Waals surface area (Å²) >= 11 is 5.83. The van der Waals surface area contributed by atoms with E-state index in [9.17, 15) is 9.18 Å². The number of rotatable bonds is 6. The molecule has 1 heterocycles. The number of halogens is 2. The zero-order chi connectivity index (χ0) is 18.4. The van der Waals surface area contributed by atoms with E-state index in [2.05, 4.69) is 15.1 Å². The predicted molar refractivity (Wildman–Crippen MR) is 103 cm³/mol. The van der Waals surface area contributed by atoms with Crippen molar-refractivity contribution in [3.05, 3.63) is 64.9 Å². The number of para-hydroxylation sites is 1. The van der Waals surface area contributed by atoms with Gasteiger partial charge in [0.1, 0.15) is 5.82 Å². The van der Waals surface area contributed by atoms with Gasteiger partial charge in [-0.3, -0.25) is 9.69 Å². The van der Waals surface area contributed by atoms with Crippen LogP contribution in [0.1, 0.15) is 16.8 Å². The molecular formula is C20H23ClFN3O. The molecule has 0 aromatic heterocycles. The van der Waals surface area contributed by atoms with E-state index >= 15 is 0 Å². The molecule has 0 spiro atoms.